The van der Waals surface area contributed by atoms with Crippen LogP contribution in [0.25, 0.3) is 31.3 Å². The lowest BCUT2D eigenvalue weighted by molar-refractivity contribution is 0.464. The molecule has 158 valence electrons. The molecule has 2 aliphatic rings. The maximum absolute atomic E-state index is 6.39. The van der Waals surface area contributed by atoms with E-state index in [1.54, 1.807) is 0 Å². The van der Waals surface area contributed by atoms with Gasteiger partial charge in [0.25, 0.3) is 6.71 Å². The molecule has 2 nitrogen and oxygen atoms in total. The summed E-state index contributed by atoms with van der Waals surface area (Å²) < 4.78 is 15.3. The van der Waals surface area contributed by atoms with Crippen LogP contribution in [0.5, 0.6) is 23.0 Å². The molecule has 3 heterocycles. The Morgan fingerprint density at radius 2 is 1.26 bits per heavy atom. The summed E-state index contributed by atoms with van der Waals surface area (Å²) in [5.41, 5.74) is 5.96. The van der Waals surface area contributed by atoms with E-state index in [-0.39, 0.29) is 6.71 Å². The molecule has 1 aromatic heterocycles. The summed E-state index contributed by atoms with van der Waals surface area (Å²) in [5.74, 6) is 3.59. The fourth-order valence-electron chi connectivity index (χ4n) is 5.52. The van der Waals surface area contributed by atoms with E-state index < -0.39 is 0 Å². The molecule has 0 N–H and O–H groups in total. The van der Waals surface area contributed by atoms with Crippen LogP contribution >= 0.6 is 11.3 Å². The minimum absolute atomic E-state index is 0.0847. The lowest BCUT2D eigenvalue weighted by Gasteiger charge is -2.33. The van der Waals surface area contributed by atoms with Crippen molar-refractivity contribution >= 4 is 54.6 Å². The Hall–Kier alpha value is -4.02. The molecule has 2 aliphatic heterocycles. The van der Waals surface area contributed by atoms with Gasteiger partial charge in [-0.2, -0.15) is 0 Å². The van der Waals surface area contributed by atoms with Crippen LogP contribution in [0.15, 0.2) is 103 Å². The molecule has 34 heavy (non-hydrogen) atoms. The van der Waals surface area contributed by atoms with Gasteiger partial charge in [0, 0.05) is 25.6 Å². The quantitative estimate of drug-likeness (QED) is 0.267. The second-order valence-corrected chi connectivity index (χ2v) is 9.93. The molecule has 0 fully saturated rings. The molecule has 0 bridgehead atoms. The zero-order valence-electron chi connectivity index (χ0n) is 18.1. The van der Waals surface area contributed by atoms with E-state index in [9.17, 15) is 0 Å². The molecule has 0 radical (unpaired) electrons. The van der Waals surface area contributed by atoms with Crippen LogP contribution in [-0.4, -0.2) is 6.71 Å². The van der Waals surface area contributed by atoms with E-state index in [4.69, 9.17) is 9.47 Å². The van der Waals surface area contributed by atoms with Gasteiger partial charge in [-0.1, -0.05) is 72.8 Å². The Kier molecular flexibility index (Phi) is 3.66. The highest BCUT2D eigenvalue weighted by Crippen LogP contribution is 2.41. The molecule has 0 atom stereocenters. The van der Waals surface area contributed by atoms with Crippen molar-refractivity contribution in [2.75, 3.05) is 0 Å². The molecule has 0 aliphatic carbocycles. The van der Waals surface area contributed by atoms with E-state index >= 15 is 0 Å². The second kappa shape index (κ2) is 6.75. The van der Waals surface area contributed by atoms with Crippen LogP contribution in [0.3, 0.4) is 0 Å². The summed E-state index contributed by atoms with van der Waals surface area (Å²) >= 11 is 1.87. The van der Waals surface area contributed by atoms with Gasteiger partial charge in [-0.05, 0) is 52.4 Å². The number of ether oxygens (including phenoxy) is 2. The van der Waals surface area contributed by atoms with Crippen LogP contribution < -0.4 is 25.9 Å². The molecule has 6 aromatic rings. The first-order chi connectivity index (χ1) is 16.8. The topological polar surface area (TPSA) is 18.5 Å². The highest BCUT2D eigenvalue weighted by atomic mass is 32.1. The van der Waals surface area contributed by atoms with E-state index in [0.717, 1.165) is 28.5 Å². The standard InChI is InChI=1S/C30H17BO2S/c1-4-14-28-20(7-1)21-9-5-8-19(30(21)34-28)18-15-16-25-23(17-18)31-22-10-2-3-11-24(22)32-26-12-6-13-27(33-25)29(26)31/h1-17H. The third-order valence-electron chi connectivity index (χ3n) is 7.02. The molecule has 8 rings (SSSR count). The van der Waals surface area contributed by atoms with Crippen molar-refractivity contribution in [3.05, 3.63) is 103 Å². The van der Waals surface area contributed by atoms with Crippen LogP contribution in [0.1, 0.15) is 0 Å². The average molecular weight is 452 g/mol. The highest BCUT2D eigenvalue weighted by Gasteiger charge is 2.39. The lowest BCUT2D eigenvalue weighted by Crippen LogP contribution is -2.57. The zero-order valence-corrected chi connectivity index (χ0v) is 18.9. The van der Waals surface area contributed by atoms with Crippen molar-refractivity contribution in [2.45, 2.75) is 0 Å². The third kappa shape index (κ3) is 2.46. The van der Waals surface area contributed by atoms with Gasteiger partial charge in [-0.15, -0.1) is 11.3 Å². The van der Waals surface area contributed by atoms with Gasteiger partial charge in [0.15, 0.2) is 0 Å². The molecule has 0 saturated carbocycles. The fraction of sp³-hybridized carbons (Fsp3) is 0. The Morgan fingerprint density at radius 1 is 0.559 bits per heavy atom. The van der Waals surface area contributed by atoms with Gasteiger partial charge in [-0.25, -0.2) is 0 Å². The van der Waals surface area contributed by atoms with E-state index in [1.807, 2.05) is 35.6 Å². The smallest absolute Gasteiger partial charge is 0.260 e. The normalized spacial score (nSPS) is 13.1. The minimum atomic E-state index is 0.0847. The molecule has 0 unspecified atom stereocenters. The number of thiophene rings is 1. The van der Waals surface area contributed by atoms with E-state index in [1.165, 1.54) is 42.2 Å². The van der Waals surface area contributed by atoms with Gasteiger partial charge in [0.2, 0.25) is 0 Å². The first kappa shape index (κ1) is 18.4. The van der Waals surface area contributed by atoms with Gasteiger partial charge in [-0.3, -0.25) is 0 Å². The predicted molar refractivity (Wildman–Crippen MR) is 142 cm³/mol. The monoisotopic (exact) mass is 452 g/mol. The Labute approximate surface area is 201 Å². The molecule has 5 aromatic carbocycles. The zero-order chi connectivity index (χ0) is 22.2. The summed E-state index contributed by atoms with van der Waals surface area (Å²) in [4.78, 5) is 0. The summed E-state index contributed by atoms with van der Waals surface area (Å²) in [7, 11) is 0. The maximum atomic E-state index is 6.39. The molecular weight excluding hydrogens is 435 g/mol. The van der Waals surface area contributed by atoms with E-state index in [0.29, 0.717) is 0 Å². The van der Waals surface area contributed by atoms with E-state index in [2.05, 4.69) is 78.9 Å². The Bertz CT molecular complexity index is 1770. The third-order valence-corrected chi connectivity index (χ3v) is 8.24. The van der Waals surface area contributed by atoms with Crippen LogP contribution in [0.4, 0.5) is 0 Å². The first-order valence-corrected chi connectivity index (χ1v) is 12.3. The largest absolute Gasteiger partial charge is 0.458 e. The fourth-order valence-corrected chi connectivity index (χ4v) is 6.76. The number of para-hydroxylation sites is 1. The Morgan fingerprint density at radius 3 is 2.18 bits per heavy atom. The number of rotatable bonds is 1. The number of hydrogen-bond donors (Lipinski definition) is 0. The summed E-state index contributed by atoms with van der Waals surface area (Å²) in [5, 5.41) is 2.64. The van der Waals surface area contributed by atoms with Crippen molar-refractivity contribution < 1.29 is 9.47 Å². The SMILES string of the molecule is c1ccc2c(c1)Oc1cccc3c1B2c1cc(-c2cccc4c2sc2ccccc24)ccc1O3. The summed E-state index contributed by atoms with van der Waals surface area (Å²) in [6.45, 7) is 0.0847. The Balaban J connectivity index is 1.38. The van der Waals surface area contributed by atoms with Crippen LogP contribution in [0, 0.1) is 0 Å². The van der Waals surface area contributed by atoms with Crippen molar-refractivity contribution in [1.29, 1.82) is 0 Å². The summed E-state index contributed by atoms with van der Waals surface area (Å²) in [6.07, 6.45) is 0. The van der Waals surface area contributed by atoms with Crippen LogP contribution in [0.2, 0.25) is 0 Å². The van der Waals surface area contributed by atoms with Gasteiger partial charge >= 0.3 is 0 Å². The van der Waals surface area contributed by atoms with Crippen molar-refractivity contribution in [3.8, 4) is 34.1 Å². The van der Waals surface area contributed by atoms with Crippen molar-refractivity contribution in [3.63, 3.8) is 0 Å². The van der Waals surface area contributed by atoms with Crippen LogP contribution in [-0.2, 0) is 0 Å². The average Bonchev–Trinajstić information content (AvgIpc) is 3.27. The van der Waals surface area contributed by atoms with Crippen molar-refractivity contribution in [1.82, 2.24) is 0 Å². The first-order valence-electron chi connectivity index (χ1n) is 11.5. The molecule has 0 spiro atoms. The maximum Gasteiger partial charge on any atom is 0.260 e. The molecule has 4 heteroatoms. The van der Waals surface area contributed by atoms with Crippen molar-refractivity contribution in [2.24, 2.45) is 0 Å². The molecule has 0 saturated heterocycles. The number of fused-ring (bicyclic) bond motifs is 7. The molecular formula is C30H17BO2S. The van der Waals surface area contributed by atoms with Gasteiger partial charge < -0.3 is 9.47 Å². The lowest BCUT2D eigenvalue weighted by atomic mass is 9.35. The second-order valence-electron chi connectivity index (χ2n) is 8.88. The highest BCUT2D eigenvalue weighted by molar-refractivity contribution is 7.26. The number of benzene rings is 5. The predicted octanol–water partition coefficient (Wildman–Crippen LogP) is 6.45. The number of hydrogen-bond acceptors (Lipinski definition) is 3. The minimum Gasteiger partial charge on any atom is -0.458 e. The summed E-state index contributed by atoms with van der Waals surface area (Å²) in [6, 6.07) is 36.4. The van der Waals surface area contributed by atoms with Gasteiger partial charge in [0.1, 0.15) is 23.0 Å². The molecule has 0 amide bonds. The van der Waals surface area contributed by atoms with Gasteiger partial charge in [0.05, 0.1) is 0 Å².